The van der Waals surface area contributed by atoms with Crippen molar-refractivity contribution >= 4 is 11.9 Å². The summed E-state index contributed by atoms with van der Waals surface area (Å²) in [5.41, 5.74) is 0. The van der Waals surface area contributed by atoms with E-state index in [1.54, 1.807) is 19.9 Å². The van der Waals surface area contributed by atoms with Crippen LogP contribution >= 0.6 is 0 Å². The number of aliphatic hydroxyl groups is 4. The molecule has 0 radical (unpaired) electrons. The highest BCUT2D eigenvalue weighted by atomic mass is 16.5. The average Bonchev–Trinajstić information content (AvgIpc) is 2.60. The molecule has 0 spiro atoms. The number of ether oxygens (including phenoxy) is 2. The minimum Gasteiger partial charge on any atom is -0.463 e. The van der Waals surface area contributed by atoms with Gasteiger partial charge in [0.2, 0.25) is 0 Å². The van der Waals surface area contributed by atoms with Crippen LogP contribution in [0.15, 0.2) is 36.5 Å². The van der Waals surface area contributed by atoms with Crippen LogP contribution in [0.3, 0.4) is 0 Å². The van der Waals surface area contributed by atoms with Crippen LogP contribution in [0.4, 0.5) is 0 Å². The number of esters is 2. The van der Waals surface area contributed by atoms with Crippen LogP contribution in [0.5, 0.6) is 0 Å². The summed E-state index contributed by atoms with van der Waals surface area (Å²) in [5, 5.41) is 37.4. The van der Waals surface area contributed by atoms with E-state index in [-0.39, 0.29) is 24.6 Å². The fourth-order valence-corrected chi connectivity index (χ4v) is 2.56. The Hall–Kier alpha value is -2.00. The van der Waals surface area contributed by atoms with E-state index in [1.165, 1.54) is 30.4 Å². The second-order valence-electron chi connectivity index (χ2n) is 6.88. The number of cyclic esters (lactones) is 2. The maximum atomic E-state index is 11.1. The van der Waals surface area contributed by atoms with Gasteiger partial charge in [0.05, 0.1) is 24.4 Å². The molecule has 0 unspecified atom stereocenters. The largest absolute Gasteiger partial charge is 0.463 e. The molecule has 2 rings (SSSR count). The van der Waals surface area contributed by atoms with E-state index in [0.29, 0.717) is 19.3 Å². The topological polar surface area (TPSA) is 134 Å². The predicted molar refractivity (Wildman–Crippen MR) is 101 cm³/mol. The summed E-state index contributed by atoms with van der Waals surface area (Å²) in [4.78, 5) is 22.2. The number of carbonyl (C=O) groups is 2. The first-order valence-corrected chi connectivity index (χ1v) is 9.33. The summed E-state index contributed by atoms with van der Waals surface area (Å²) < 4.78 is 9.92. The van der Waals surface area contributed by atoms with Crippen molar-refractivity contribution < 1.29 is 39.5 Å². The van der Waals surface area contributed by atoms with Gasteiger partial charge in [-0.05, 0) is 26.3 Å². The maximum Gasteiger partial charge on any atom is 0.330 e. The predicted octanol–water partition coefficient (Wildman–Crippen LogP) is 0.536. The Kier molecular flexibility index (Phi) is 10.7. The Bertz CT molecular complexity index is 583. The molecule has 0 saturated carbocycles. The first kappa shape index (κ1) is 24.0. The van der Waals surface area contributed by atoms with Crippen molar-refractivity contribution in [1.82, 2.24) is 0 Å². The smallest absolute Gasteiger partial charge is 0.330 e. The van der Waals surface area contributed by atoms with Crippen molar-refractivity contribution in [2.24, 2.45) is 0 Å². The first-order valence-electron chi connectivity index (χ1n) is 9.33. The van der Waals surface area contributed by atoms with E-state index in [0.717, 1.165) is 0 Å². The molecule has 0 aliphatic carbocycles. The Morgan fingerprint density at radius 1 is 0.786 bits per heavy atom. The summed E-state index contributed by atoms with van der Waals surface area (Å²) in [6, 6.07) is 0. The van der Waals surface area contributed by atoms with Crippen molar-refractivity contribution in [2.45, 2.75) is 76.2 Å². The molecule has 2 aliphatic rings. The van der Waals surface area contributed by atoms with Gasteiger partial charge in [0, 0.05) is 25.3 Å². The van der Waals surface area contributed by atoms with E-state index in [4.69, 9.17) is 9.47 Å². The molecule has 8 heteroatoms. The molecule has 4 N–H and O–H groups in total. The molecule has 0 bridgehead atoms. The molecule has 158 valence electrons. The van der Waals surface area contributed by atoms with Crippen LogP contribution in [-0.2, 0) is 19.1 Å². The summed E-state index contributed by atoms with van der Waals surface area (Å²) in [7, 11) is 0. The number of rotatable bonds is 0. The summed E-state index contributed by atoms with van der Waals surface area (Å²) in [5.74, 6) is -0.821. The van der Waals surface area contributed by atoms with Crippen LogP contribution in [-0.4, -0.2) is 69.0 Å². The van der Waals surface area contributed by atoms with Crippen molar-refractivity contribution in [2.75, 3.05) is 0 Å². The lowest BCUT2D eigenvalue weighted by molar-refractivity contribution is -0.150. The Labute approximate surface area is 164 Å². The second kappa shape index (κ2) is 12.5. The average molecular weight is 398 g/mol. The number of hydrogen-bond acceptors (Lipinski definition) is 8. The van der Waals surface area contributed by atoms with Gasteiger partial charge in [-0.3, -0.25) is 4.79 Å². The normalized spacial score (nSPS) is 37.9. The minimum absolute atomic E-state index is 0.214. The molecule has 0 aromatic heterocycles. The molecule has 0 aromatic carbocycles. The van der Waals surface area contributed by atoms with Crippen LogP contribution in [0.1, 0.15) is 39.5 Å². The van der Waals surface area contributed by atoms with Crippen molar-refractivity contribution in [3.63, 3.8) is 0 Å². The minimum atomic E-state index is -0.856. The third-order valence-corrected chi connectivity index (χ3v) is 3.96. The SMILES string of the molecule is C[C@@H]1C[C@H](O)/C=C/[C@@H](O)/C=C\C(=O)O1.C[C@H]1C[C@@H](O)/C=C/[C@H](O)CCC(=O)O1. The summed E-state index contributed by atoms with van der Waals surface area (Å²) >= 11 is 0. The molecular formula is C20H30O8. The van der Waals surface area contributed by atoms with E-state index in [9.17, 15) is 30.0 Å². The number of hydrogen-bond donors (Lipinski definition) is 4. The number of aliphatic hydroxyl groups excluding tert-OH is 4. The zero-order valence-electron chi connectivity index (χ0n) is 16.2. The van der Waals surface area contributed by atoms with Crippen molar-refractivity contribution in [3.05, 3.63) is 36.5 Å². The van der Waals surface area contributed by atoms with Crippen LogP contribution in [0, 0.1) is 0 Å². The Morgan fingerprint density at radius 2 is 1.32 bits per heavy atom. The number of carbonyl (C=O) groups excluding carboxylic acids is 2. The summed E-state index contributed by atoms with van der Waals surface area (Å²) in [6.07, 6.45) is 6.25. The van der Waals surface area contributed by atoms with Gasteiger partial charge in [-0.15, -0.1) is 0 Å². The molecule has 0 fully saturated rings. The lowest BCUT2D eigenvalue weighted by Crippen LogP contribution is -2.22. The third-order valence-electron chi connectivity index (χ3n) is 3.96. The van der Waals surface area contributed by atoms with Gasteiger partial charge in [-0.2, -0.15) is 0 Å². The van der Waals surface area contributed by atoms with Crippen LogP contribution in [0.25, 0.3) is 0 Å². The van der Waals surface area contributed by atoms with Gasteiger partial charge in [0.1, 0.15) is 12.2 Å². The van der Waals surface area contributed by atoms with Crippen molar-refractivity contribution in [1.29, 1.82) is 0 Å². The van der Waals surface area contributed by atoms with Gasteiger partial charge in [0.15, 0.2) is 0 Å². The maximum absolute atomic E-state index is 11.1. The Morgan fingerprint density at radius 3 is 1.96 bits per heavy atom. The fourth-order valence-electron chi connectivity index (χ4n) is 2.56. The highest BCUT2D eigenvalue weighted by Crippen LogP contribution is 2.11. The molecule has 6 atom stereocenters. The molecule has 8 nitrogen and oxygen atoms in total. The second-order valence-corrected chi connectivity index (χ2v) is 6.88. The molecule has 0 saturated heterocycles. The van der Waals surface area contributed by atoms with Gasteiger partial charge in [-0.1, -0.05) is 24.3 Å². The highest BCUT2D eigenvalue weighted by molar-refractivity contribution is 5.82. The van der Waals surface area contributed by atoms with Gasteiger partial charge in [-0.25, -0.2) is 4.79 Å². The molecule has 2 aliphatic heterocycles. The van der Waals surface area contributed by atoms with Crippen LogP contribution < -0.4 is 0 Å². The summed E-state index contributed by atoms with van der Waals surface area (Å²) in [6.45, 7) is 3.45. The van der Waals surface area contributed by atoms with E-state index in [2.05, 4.69) is 0 Å². The fraction of sp³-hybridized carbons (Fsp3) is 0.600. The van der Waals surface area contributed by atoms with Crippen molar-refractivity contribution in [3.8, 4) is 0 Å². The third kappa shape index (κ3) is 11.0. The van der Waals surface area contributed by atoms with Gasteiger partial charge >= 0.3 is 11.9 Å². The lowest BCUT2D eigenvalue weighted by Gasteiger charge is -2.17. The lowest BCUT2D eigenvalue weighted by atomic mass is 10.1. The molecule has 28 heavy (non-hydrogen) atoms. The molecule has 0 amide bonds. The van der Waals surface area contributed by atoms with Gasteiger partial charge < -0.3 is 29.9 Å². The van der Waals surface area contributed by atoms with Crippen LogP contribution in [0.2, 0.25) is 0 Å². The van der Waals surface area contributed by atoms with E-state index >= 15 is 0 Å². The van der Waals surface area contributed by atoms with E-state index < -0.39 is 30.4 Å². The van der Waals surface area contributed by atoms with E-state index in [1.807, 2.05) is 0 Å². The highest BCUT2D eigenvalue weighted by Gasteiger charge is 2.16. The molecular weight excluding hydrogens is 368 g/mol. The Balaban J connectivity index is 0.000000280. The quantitative estimate of drug-likeness (QED) is 0.343. The zero-order chi connectivity index (χ0) is 21.1. The standard InChI is InChI=1S/C10H16O4.C10H14O4/c2*1-7-6-9(12)3-2-8(11)4-5-10(13)14-7/h2-3,7-9,11-12H,4-6H2,1H3;2-5,7-9,11-12H,6H2,1H3/b3-2+;3-2+,5-4-/t2*7-,8-,9-/m01/s1. The zero-order valence-corrected chi connectivity index (χ0v) is 16.2. The van der Waals surface area contributed by atoms with Gasteiger partial charge in [0.25, 0.3) is 0 Å². The molecule has 2 heterocycles. The monoisotopic (exact) mass is 398 g/mol. The first-order chi connectivity index (χ1) is 13.2. The molecule has 0 aromatic rings.